The number of aryl methyl sites for hydroxylation is 1. The summed E-state index contributed by atoms with van der Waals surface area (Å²) in [5.74, 6) is 0.158. The number of carbonyl (C=O) groups excluding carboxylic acids is 1. The third kappa shape index (κ3) is 3.44. The molecule has 0 aliphatic rings. The van der Waals surface area contributed by atoms with E-state index in [1.165, 1.54) is 7.11 Å². The molecule has 1 rings (SSSR count). The monoisotopic (exact) mass is 228 g/mol. The van der Waals surface area contributed by atoms with Crippen molar-refractivity contribution in [3.63, 3.8) is 0 Å². The van der Waals surface area contributed by atoms with Crippen molar-refractivity contribution in [2.45, 2.75) is 20.0 Å². The number of methoxy groups -OCH3 is 1. The van der Waals surface area contributed by atoms with E-state index < -0.39 is 12.1 Å². The fraction of sp³-hybridized carbons (Fsp3) is 0.364. The molecule has 0 unspecified atom stereocenters. The minimum Gasteiger partial charge on any atom is -0.479 e. The summed E-state index contributed by atoms with van der Waals surface area (Å²) in [5.41, 5.74) is 0.981. The molecule has 3 nitrogen and oxygen atoms in total. The van der Waals surface area contributed by atoms with Crippen molar-refractivity contribution in [3.05, 3.63) is 28.8 Å². The fourth-order valence-electron chi connectivity index (χ4n) is 1.19. The van der Waals surface area contributed by atoms with E-state index in [0.717, 1.165) is 5.56 Å². The van der Waals surface area contributed by atoms with Crippen LogP contribution in [0, 0.1) is 6.92 Å². The van der Waals surface area contributed by atoms with Gasteiger partial charge in [-0.05, 0) is 37.6 Å². The lowest BCUT2D eigenvalue weighted by Crippen LogP contribution is -2.24. The highest BCUT2D eigenvalue weighted by molar-refractivity contribution is 6.30. The molecule has 1 aromatic rings. The maximum Gasteiger partial charge on any atom is 0.346 e. The van der Waals surface area contributed by atoms with Gasteiger partial charge in [-0.15, -0.1) is 0 Å². The average molecular weight is 229 g/mol. The number of hydrogen-bond acceptors (Lipinski definition) is 3. The van der Waals surface area contributed by atoms with Crippen LogP contribution in [0.25, 0.3) is 0 Å². The summed E-state index contributed by atoms with van der Waals surface area (Å²) < 4.78 is 9.92. The first kappa shape index (κ1) is 11.9. The largest absolute Gasteiger partial charge is 0.479 e. The number of hydrogen-bond donors (Lipinski definition) is 0. The normalized spacial score (nSPS) is 12.0. The summed E-state index contributed by atoms with van der Waals surface area (Å²) in [7, 11) is 1.32. The Morgan fingerprint density at radius 3 is 2.60 bits per heavy atom. The van der Waals surface area contributed by atoms with Gasteiger partial charge in [0.05, 0.1) is 7.11 Å². The Morgan fingerprint density at radius 2 is 2.07 bits per heavy atom. The molecule has 15 heavy (non-hydrogen) atoms. The van der Waals surface area contributed by atoms with Crippen molar-refractivity contribution in [2.24, 2.45) is 0 Å². The number of benzene rings is 1. The highest BCUT2D eigenvalue weighted by Crippen LogP contribution is 2.21. The summed E-state index contributed by atoms with van der Waals surface area (Å²) in [6.07, 6.45) is -0.632. The van der Waals surface area contributed by atoms with Gasteiger partial charge in [0.15, 0.2) is 6.10 Å². The van der Waals surface area contributed by atoms with Crippen LogP contribution in [-0.4, -0.2) is 19.2 Å². The second-order valence-corrected chi connectivity index (χ2v) is 3.68. The second kappa shape index (κ2) is 5.03. The summed E-state index contributed by atoms with van der Waals surface area (Å²) in [5, 5.41) is 0.585. The third-order valence-electron chi connectivity index (χ3n) is 1.86. The maximum atomic E-state index is 11.1. The molecule has 0 bridgehead atoms. The van der Waals surface area contributed by atoms with Crippen molar-refractivity contribution in [1.29, 1.82) is 0 Å². The van der Waals surface area contributed by atoms with Crippen molar-refractivity contribution in [2.75, 3.05) is 7.11 Å². The zero-order chi connectivity index (χ0) is 11.4. The van der Waals surface area contributed by atoms with Crippen LogP contribution in [0.2, 0.25) is 5.02 Å². The molecule has 0 fully saturated rings. The molecule has 0 heterocycles. The summed E-state index contributed by atoms with van der Waals surface area (Å²) in [6.45, 7) is 3.53. The quantitative estimate of drug-likeness (QED) is 0.746. The smallest absolute Gasteiger partial charge is 0.346 e. The molecule has 0 aliphatic heterocycles. The summed E-state index contributed by atoms with van der Waals surface area (Å²) >= 11 is 5.85. The van der Waals surface area contributed by atoms with Gasteiger partial charge in [-0.1, -0.05) is 11.6 Å². The number of ether oxygens (including phenoxy) is 2. The Morgan fingerprint density at radius 1 is 1.40 bits per heavy atom. The lowest BCUT2D eigenvalue weighted by atomic mass is 10.2. The Kier molecular flexibility index (Phi) is 3.97. The zero-order valence-corrected chi connectivity index (χ0v) is 9.67. The molecular formula is C11H13ClO3. The zero-order valence-electron chi connectivity index (χ0n) is 8.91. The van der Waals surface area contributed by atoms with Crippen molar-refractivity contribution in [3.8, 4) is 5.75 Å². The highest BCUT2D eigenvalue weighted by Gasteiger charge is 2.14. The van der Waals surface area contributed by atoms with Gasteiger partial charge in [-0.3, -0.25) is 0 Å². The average Bonchev–Trinajstić information content (AvgIpc) is 2.14. The first-order valence-electron chi connectivity index (χ1n) is 4.54. The van der Waals surface area contributed by atoms with Crippen LogP contribution in [0.15, 0.2) is 18.2 Å². The van der Waals surface area contributed by atoms with Crippen molar-refractivity contribution >= 4 is 17.6 Å². The van der Waals surface area contributed by atoms with E-state index in [1.54, 1.807) is 13.0 Å². The summed E-state index contributed by atoms with van der Waals surface area (Å²) in [6, 6.07) is 5.29. The van der Waals surface area contributed by atoms with Gasteiger partial charge in [0.2, 0.25) is 0 Å². The Bertz CT molecular complexity index is 343. The lowest BCUT2D eigenvalue weighted by Gasteiger charge is -2.12. The van der Waals surface area contributed by atoms with E-state index in [4.69, 9.17) is 16.3 Å². The van der Waals surface area contributed by atoms with Crippen LogP contribution in [0.5, 0.6) is 5.75 Å². The molecule has 0 radical (unpaired) electrons. The van der Waals surface area contributed by atoms with Gasteiger partial charge in [-0.2, -0.15) is 0 Å². The molecule has 0 aromatic heterocycles. The number of carbonyl (C=O) groups is 1. The van der Waals surface area contributed by atoms with Crippen LogP contribution in [-0.2, 0) is 9.53 Å². The first-order valence-corrected chi connectivity index (χ1v) is 4.92. The highest BCUT2D eigenvalue weighted by atomic mass is 35.5. The minimum absolute atomic E-state index is 0.410. The molecule has 0 amide bonds. The fourth-order valence-corrected chi connectivity index (χ4v) is 1.47. The van der Waals surface area contributed by atoms with E-state index >= 15 is 0 Å². The van der Waals surface area contributed by atoms with E-state index in [0.29, 0.717) is 10.8 Å². The topological polar surface area (TPSA) is 35.5 Å². The van der Waals surface area contributed by atoms with E-state index in [9.17, 15) is 4.79 Å². The molecular weight excluding hydrogens is 216 g/mol. The first-order chi connectivity index (χ1) is 7.02. The molecule has 1 atom stereocenters. The minimum atomic E-state index is -0.632. The Hall–Kier alpha value is -1.22. The van der Waals surface area contributed by atoms with Crippen molar-refractivity contribution in [1.82, 2.24) is 0 Å². The number of esters is 1. The molecule has 82 valence electrons. The molecule has 0 saturated carbocycles. The number of halogens is 1. The molecule has 4 heteroatoms. The van der Waals surface area contributed by atoms with E-state index in [-0.39, 0.29) is 0 Å². The predicted molar refractivity (Wildman–Crippen MR) is 58.3 cm³/mol. The van der Waals surface area contributed by atoms with E-state index in [2.05, 4.69) is 4.74 Å². The predicted octanol–water partition coefficient (Wildman–Crippen LogP) is 2.59. The lowest BCUT2D eigenvalue weighted by molar-refractivity contribution is -0.147. The van der Waals surface area contributed by atoms with Gasteiger partial charge in [-0.25, -0.2) is 4.79 Å². The molecule has 0 spiro atoms. The van der Waals surface area contributed by atoms with Gasteiger partial charge in [0, 0.05) is 5.02 Å². The van der Waals surface area contributed by atoms with Gasteiger partial charge in [0.1, 0.15) is 5.75 Å². The van der Waals surface area contributed by atoms with Crippen LogP contribution in [0.4, 0.5) is 0 Å². The van der Waals surface area contributed by atoms with Crippen LogP contribution >= 0.6 is 11.6 Å². The standard InChI is InChI=1S/C11H13ClO3/c1-7-4-9(12)6-10(5-7)15-8(2)11(13)14-3/h4-6,8H,1-3H3/t8-/m1/s1. The van der Waals surface area contributed by atoms with Gasteiger partial charge < -0.3 is 9.47 Å². The van der Waals surface area contributed by atoms with Crippen LogP contribution in [0.1, 0.15) is 12.5 Å². The number of rotatable bonds is 3. The second-order valence-electron chi connectivity index (χ2n) is 3.25. The summed E-state index contributed by atoms with van der Waals surface area (Å²) in [4.78, 5) is 11.1. The SMILES string of the molecule is COC(=O)[C@@H](C)Oc1cc(C)cc(Cl)c1. The van der Waals surface area contributed by atoms with Gasteiger partial charge >= 0.3 is 5.97 Å². The van der Waals surface area contributed by atoms with Crippen LogP contribution < -0.4 is 4.74 Å². The maximum absolute atomic E-state index is 11.1. The molecule has 0 N–H and O–H groups in total. The molecule has 0 aliphatic carbocycles. The van der Waals surface area contributed by atoms with Crippen molar-refractivity contribution < 1.29 is 14.3 Å². The Balaban J connectivity index is 2.76. The Labute approximate surface area is 93.9 Å². The van der Waals surface area contributed by atoms with Crippen LogP contribution in [0.3, 0.4) is 0 Å². The van der Waals surface area contributed by atoms with E-state index in [1.807, 2.05) is 19.1 Å². The molecule has 1 aromatic carbocycles. The third-order valence-corrected chi connectivity index (χ3v) is 2.08. The van der Waals surface area contributed by atoms with Gasteiger partial charge in [0.25, 0.3) is 0 Å². The molecule has 0 saturated heterocycles.